The minimum absolute atomic E-state index is 0.139. The number of amides is 2. The number of nitrogens with zero attached hydrogens (tertiary/aromatic N) is 1. The van der Waals surface area contributed by atoms with Gasteiger partial charge in [-0.05, 0) is 19.4 Å². The summed E-state index contributed by atoms with van der Waals surface area (Å²) >= 11 is 31.7. The fourth-order valence-corrected chi connectivity index (χ4v) is 7.08. The Morgan fingerprint density at radius 1 is 1.00 bits per heavy atom. The van der Waals surface area contributed by atoms with E-state index >= 15 is 0 Å². The number of ether oxygens (including phenoxy) is 1. The van der Waals surface area contributed by atoms with Crippen LogP contribution in [0.4, 0.5) is 0 Å². The average molecular weight is 627 g/mol. The van der Waals surface area contributed by atoms with Crippen molar-refractivity contribution in [2.24, 2.45) is 0 Å². The van der Waals surface area contributed by atoms with E-state index in [1.807, 2.05) is 0 Å². The van der Waals surface area contributed by atoms with Gasteiger partial charge >= 0.3 is 11.9 Å². The van der Waals surface area contributed by atoms with Crippen LogP contribution in [0.1, 0.15) is 25.3 Å². The third kappa shape index (κ3) is 4.86. The van der Waals surface area contributed by atoms with Crippen molar-refractivity contribution in [3.05, 3.63) is 61.0 Å². The van der Waals surface area contributed by atoms with Crippen LogP contribution < -0.4 is 10.1 Å². The molecule has 0 bridgehead atoms. The Morgan fingerprint density at radius 2 is 1.54 bits per heavy atom. The summed E-state index contributed by atoms with van der Waals surface area (Å²) in [5.41, 5.74) is 0.259. The number of esters is 1. The highest BCUT2D eigenvalue weighted by molar-refractivity contribution is 8.01. The molecule has 0 radical (unpaired) electrons. The number of carbonyl (C=O) groups excluding carboxylic acids is 3. The third-order valence-corrected chi connectivity index (χ3v) is 9.79. The minimum Gasteiger partial charge on any atom is -0.480 e. The smallest absolute Gasteiger partial charge is 0.328 e. The SMILES string of the molecule is CC1(C)SC2C(NC(=O)C(C(=O)Oc3c(Cl)c(Cl)c(Cl)c(Cl)c3Cl)c3ccccc3)C(=O)N2C1C(=O)O. The summed E-state index contributed by atoms with van der Waals surface area (Å²) in [6.07, 6.45) is 0. The predicted molar refractivity (Wildman–Crippen MR) is 142 cm³/mol. The van der Waals surface area contributed by atoms with Gasteiger partial charge in [0, 0.05) is 4.75 Å². The Balaban J connectivity index is 1.62. The first kappa shape index (κ1) is 28.1. The van der Waals surface area contributed by atoms with E-state index in [0.29, 0.717) is 0 Å². The molecular weight excluding hydrogens is 610 g/mol. The highest BCUT2D eigenvalue weighted by atomic mass is 35.5. The number of hydrogen-bond acceptors (Lipinski definition) is 6. The van der Waals surface area contributed by atoms with Crippen LogP contribution in [0.25, 0.3) is 0 Å². The van der Waals surface area contributed by atoms with Crippen molar-refractivity contribution < 1.29 is 29.0 Å². The summed E-state index contributed by atoms with van der Waals surface area (Å²) in [5, 5.41) is 10.5. The highest BCUT2D eigenvalue weighted by Gasteiger charge is 2.64. The molecule has 2 heterocycles. The van der Waals surface area contributed by atoms with Gasteiger partial charge in [-0.2, -0.15) is 0 Å². The number of benzene rings is 2. The summed E-state index contributed by atoms with van der Waals surface area (Å²) < 4.78 is 4.60. The monoisotopic (exact) mass is 624 g/mol. The number of aliphatic carboxylic acids is 1. The zero-order chi connectivity index (χ0) is 27.4. The van der Waals surface area contributed by atoms with Gasteiger partial charge in [0.05, 0.1) is 15.1 Å². The predicted octanol–water partition coefficient (Wildman–Crippen LogP) is 5.27. The number of β-lactam (4-membered cyclic amide) rings is 1. The Hall–Kier alpha value is -1.88. The molecule has 14 heteroatoms. The van der Waals surface area contributed by atoms with E-state index in [1.54, 1.807) is 32.0 Å². The second-order valence-electron chi connectivity index (χ2n) is 8.75. The normalized spacial score (nSPS) is 22.6. The second kappa shape index (κ2) is 10.4. The second-order valence-corrected chi connectivity index (χ2v) is 12.4. The lowest BCUT2D eigenvalue weighted by Crippen LogP contribution is -2.71. The first-order chi connectivity index (χ1) is 17.3. The third-order valence-electron chi connectivity index (χ3n) is 5.98. The van der Waals surface area contributed by atoms with Gasteiger partial charge in [0.1, 0.15) is 27.5 Å². The molecule has 2 aliphatic rings. The maximum atomic E-state index is 13.4. The molecule has 196 valence electrons. The summed E-state index contributed by atoms with van der Waals surface area (Å²) in [5.74, 6) is -5.55. The Bertz CT molecular complexity index is 1300. The lowest BCUT2D eigenvalue weighted by molar-refractivity contribution is -0.161. The molecular formula is C23H17Cl5N2O6S. The Morgan fingerprint density at radius 3 is 2.08 bits per heavy atom. The van der Waals surface area contributed by atoms with Gasteiger partial charge in [-0.1, -0.05) is 88.3 Å². The summed E-state index contributed by atoms with van der Waals surface area (Å²) in [4.78, 5) is 52.5. The lowest BCUT2D eigenvalue weighted by atomic mass is 9.94. The number of carbonyl (C=O) groups is 4. The summed E-state index contributed by atoms with van der Waals surface area (Å²) in [6, 6.07) is 5.88. The van der Waals surface area contributed by atoms with E-state index in [9.17, 15) is 24.3 Å². The maximum Gasteiger partial charge on any atom is 0.328 e. The van der Waals surface area contributed by atoms with Gasteiger partial charge in [-0.3, -0.25) is 14.4 Å². The largest absolute Gasteiger partial charge is 0.480 e. The van der Waals surface area contributed by atoms with Crippen molar-refractivity contribution in [3.8, 4) is 5.75 Å². The number of rotatable bonds is 6. The fraction of sp³-hybridized carbons (Fsp3) is 0.304. The van der Waals surface area contributed by atoms with E-state index in [-0.39, 0.29) is 36.4 Å². The standard InChI is InChI=1S/C23H17Cl5N2O6S/c1-23(2)17(21(33)34)30-19(32)15(20(30)37-23)29-18(31)9(8-6-4-3-5-7-8)22(35)36-16-13(27)11(25)10(24)12(26)14(16)28/h3-7,9,15,17,20H,1-2H3,(H,29,31)(H,33,34). The van der Waals surface area contributed by atoms with Crippen molar-refractivity contribution in [1.29, 1.82) is 0 Å². The molecule has 37 heavy (non-hydrogen) atoms. The molecule has 2 aliphatic heterocycles. The van der Waals surface area contributed by atoms with Crippen molar-refractivity contribution >= 4 is 93.5 Å². The van der Waals surface area contributed by atoms with Crippen molar-refractivity contribution in [2.75, 3.05) is 0 Å². The number of thioether (sulfide) groups is 1. The van der Waals surface area contributed by atoms with Gasteiger partial charge in [0.25, 0.3) is 0 Å². The van der Waals surface area contributed by atoms with E-state index in [2.05, 4.69) is 5.32 Å². The van der Waals surface area contributed by atoms with Crippen molar-refractivity contribution in [3.63, 3.8) is 0 Å². The molecule has 8 nitrogen and oxygen atoms in total. The van der Waals surface area contributed by atoms with Gasteiger partial charge in [0.2, 0.25) is 11.8 Å². The van der Waals surface area contributed by atoms with Crippen molar-refractivity contribution in [2.45, 2.75) is 42.0 Å². The first-order valence-electron chi connectivity index (χ1n) is 10.6. The number of carboxylic acid groups (broad SMARTS) is 1. The molecule has 4 atom stereocenters. The van der Waals surface area contributed by atoms with Crippen LogP contribution in [-0.4, -0.2) is 56.0 Å². The van der Waals surface area contributed by atoms with Crippen LogP contribution in [-0.2, 0) is 19.2 Å². The summed E-state index contributed by atoms with van der Waals surface area (Å²) in [6.45, 7) is 3.42. The molecule has 2 fully saturated rings. The number of carboxylic acids is 1. The van der Waals surface area contributed by atoms with Crippen LogP contribution in [0.15, 0.2) is 30.3 Å². The van der Waals surface area contributed by atoms with Crippen LogP contribution >= 0.6 is 69.8 Å². The Kier molecular flexibility index (Phi) is 7.87. The highest BCUT2D eigenvalue weighted by Crippen LogP contribution is 2.51. The number of nitrogens with one attached hydrogen (secondary N) is 1. The number of fused-ring (bicyclic) bond motifs is 1. The lowest BCUT2D eigenvalue weighted by Gasteiger charge is -2.43. The molecule has 2 N–H and O–H groups in total. The summed E-state index contributed by atoms with van der Waals surface area (Å²) in [7, 11) is 0. The topological polar surface area (TPSA) is 113 Å². The molecule has 0 aliphatic carbocycles. The minimum atomic E-state index is -1.54. The van der Waals surface area contributed by atoms with E-state index in [1.165, 1.54) is 28.8 Å². The molecule has 4 unspecified atom stereocenters. The molecule has 2 amide bonds. The zero-order valence-electron chi connectivity index (χ0n) is 18.9. The van der Waals surface area contributed by atoms with Crippen LogP contribution in [0.2, 0.25) is 25.1 Å². The van der Waals surface area contributed by atoms with Gasteiger partial charge in [-0.25, -0.2) is 4.79 Å². The zero-order valence-corrected chi connectivity index (χ0v) is 23.5. The van der Waals surface area contributed by atoms with Crippen LogP contribution in [0.5, 0.6) is 5.75 Å². The molecule has 2 aromatic carbocycles. The van der Waals surface area contributed by atoms with Gasteiger partial charge in [0.15, 0.2) is 11.7 Å². The Labute approximate surface area is 240 Å². The number of halogens is 5. The molecule has 0 aromatic heterocycles. The van der Waals surface area contributed by atoms with E-state index in [0.717, 1.165) is 0 Å². The fourth-order valence-electron chi connectivity index (χ4n) is 4.26. The quantitative estimate of drug-likeness (QED) is 0.112. The maximum absolute atomic E-state index is 13.4. The molecule has 0 saturated carbocycles. The van der Waals surface area contributed by atoms with Gasteiger partial charge in [-0.15, -0.1) is 11.8 Å². The molecule has 2 aromatic rings. The molecule has 4 rings (SSSR count). The van der Waals surface area contributed by atoms with E-state index in [4.69, 9.17) is 62.7 Å². The number of hydrogen-bond donors (Lipinski definition) is 2. The molecule has 0 spiro atoms. The van der Waals surface area contributed by atoms with Crippen molar-refractivity contribution in [1.82, 2.24) is 10.2 Å². The van der Waals surface area contributed by atoms with E-state index < -0.39 is 51.9 Å². The van der Waals surface area contributed by atoms with Crippen LogP contribution in [0, 0.1) is 0 Å². The first-order valence-corrected chi connectivity index (χ1v) is 13.4. The van der Waals surface area contributed by atoms with Crippen LogP contribution in [0.3, 0.4) is 0 Å². The van der Waals surface area contributed by atoms with Gasteiger partial charge < -0.3 is 20.1 Å². The molecule has 2 saturated heterocycles. The average Bonchev–Trinajstić information content (AvgIpc) is 3.11.